The molecule has 0 saturated carbocycles. The van der Waals surface area contributed by atoms with E-state index in [9.17, 15) is 14.7 Å². The number of para-hydroxylation sites is 1. The van der Waals surface area contributed by atoms with Gasteiger partial charge in [-0.15, -0.1) is 0 Å². The first kappa shape index (κ1) is 22.0. The van der Waals surface area contributed by atoms with Gasteiger partial charge in [0, 0.05) is 28.5 Å². The second-order valence-corrected chi connectivity index (χ2v) is 9.65. The Kier molecular flexibility index (Phi) is 5.24. The van der Waals surface area contributed by atoms with Crippen molar-refractivity contribution in [3.8, 4) is 23.2 Å². The van der Waals surface area contributed by atoms with Crippen molar-refractivity contribution in [2.24, 2.45) is 5.92 Å². The van der Waals surface area contributed by atoms with Gasteiger partial charge in [0.25, 0.3) is 5.56 Å². The zero-order chi connectivity index (χ0) is 24.2. The van der Waals surface area contributed by atoms with Gasteiger partial charge in [-0.3, -0.25) is 4.79 Å². The summed E-state index contributed by atoms with van der Waals surface area (Å²) in [6.07, 6.45) is 3.30. The number of carbonyl (C=O) groups is 1. The highest BCUT2D eigenvalue weighted by Gasteiger charge is 2.45. The lowest BCUT2D eigenvalue weighted by Gasteiger charge is -2.31. The van der Waals surface area contributed by atoms with E-state index in [1.165, 1.54) is 12.8 Å². The number of esters is 1. The number of hydrogen-bond donors (Lipinski definition) is 2. The molecule has 7 nitrogen and oxygen atoms in total. The molecule has 1 aromatic carbocycles. The van der Waals surface area contributed by atoms with E-state index < -0.39 is 11.6 Å². The minimum atomic E-state index is -1.83. The molecule has 0 aliphatic carbocycles. The summed E-state index contributed by atoms with van der Waals surface area (Å²) in [6, 6.07) is 9.63. The highest BCUT2D eigenvalue weighted by Crippen LogP contribution is 2.40. The van der Waals surface area contributed by atoms with Gasteiger partial charge in [-0.2, -0.15) is 0 Å². The largest absolute Gasteiger partial charge is 0.458 e. The summed E-state index contributed by atoms with van der Waals surface area (Å²) in [5.74, 6) is 6.67. The van der Waals surface area contributed by atoms with Crippen LogP contribution in [0.1, 0.15) is 54.9 Å². The molecule has 2 N–H and O–H groups in total. The number of benzene rings is 1. The number of piperidine rings is 1. The third kappa shape index (κ3) is 3.40. The first-order chi connectivity index (χ1) is 17.0. The number of rotatable bonds is 2. The van der Waals surface area contributed by atoms with Crippen molar-refractivity contribution in [1.82, 2.24) is 14.9 Å². The summed E-state index contributed by atoms with van der Waals surface area (Å²) in [7, 11) is 0. The number of aliphatic hydroxyl groups is 1. The number of nitrogens with zero attached hydrogens (tertiary/aromatic N) is 2. The van der Waals surface area contributed by atoms with Gasteiger partial charge in [-0.05, 0) is 50.4 Å². The van der Waals surface area contributed by atoms with Gasteiger partial charge >= 0.3 is 5.97 Å². The Morgan fingerprint density at radius 2 is 2.14 bits per heavy atom. The van der Waals surface area contributed by atoms with E-state index in [0.717, 1.165) is 41.5 Å². The number of cyclic esters (lactones) is 1. The van der Waals surface area contributed by atoms with Crippen LogP contribution in [0, 0.1) is 17.8 Å². The fraction of sp³-hybridized carbons (Fsp3) is 0.393. The average Bonchev–Trinajstić information content (AvgIpc) is 3.25. The molecule has 2 aromatic heterocycles. The summed E-state index contributed by atoms with van der Waals surface area (Å²) in [5, 5.41) is 15.5. The van der Waals surface area contributed by atoms with Crippen molar-refractivity contribution in [2.45, 2.75) is 51.4 Å². The molecule has 1 unspecified atom stereocenters. The zero-order valence-electron chi connectivity index (χ0n) is 19.7. The van der Waals surface area contributed by atoms with Crippen LogP contribution in [0.2, 0.25) is 0 Å². The van der Waals surface area contributed by atoms with Crippen LogP contribution in [0.25, 0.3) is 22.3 Å². The Balaban J connectivity index is 1.52. The molecule has 3 aliphatic heterocycles. The van der Waals surface area contributed by atoms with Crippen molar-refractivity contribution in [1.29, 1.82) is 0 Å². The molecule has 2 atom stereocenters. The third-order valence-corrected chi connectivity index (χ3v) is 7.60. The van der Waals surface area contributed by atoms with Gasteiger partial charge in [0.1, 0.15) is 6.61 Å². The Bertz CT molecular complexity index is 1490. The SMILES string of the molecule is CC[C@@]1(O)C(=O)OCc2c1cc1n(c2=O)Cc2c-1nc1ccccc1c2C#CCC1CCCNC1. The molecule has 3 aromatic rings. The number of pyridine rings is 2. The number of ether oxygens (including phenoxy) is 1. The molecule has 0 bridgehead atoms. The number of hydrogen-bond acceptors (Lipinski definition) is 6. The van der Waals surface area contributed by atoms with Crippen molar-refractivity contribution in [3.05, 3.63) is 62.9 Å². The summed E-state index contributed by atoms with van der Waals surface area (Å²) in [5.41, 5.74) is 2.46. The van der Waals surface area contributed by atoms with Crippen LogP contribution in [-0.4, -0.2) is 33.7 Å². The minimum Gasteiger partial charge on any atom is -0.458 e. The number of fused-ring (bicyclic) bond motifs is 5. The predicted octanol–water partition coefficient (Wildman–Crippen LogP) is 2.82. The highest BCUT2D eigenvalue weighted by atomic mass is 16.6. The monoisotopic (exact) mass is 469 g/mol. The molecule has 1 fully saturated rings. The van der Waals surface area contributed by atoms with Crippen molar-refractivity contribution < 1.29 is 14.6 Å². The molecular weight excluding hydrogens is 442 g/mol. The fourth-order valence-corrected chi connectivity index (χ4v) is 5.55. The molecule has 0 spiro atoms. The second-order valence-electron chi connectivity index (χ2n) is 9.65. The minimum absolute atomic E-state index is 0.118. The molecule has 3 aliphatic rings. The highest BCUT2D eigenvalue weighted by molar-refractivity contribution is 5.91. The predicted molar refractivity (Wildman–Crippen MR) is 132 cm³/mol. The number of aromatic nitrogens is 2. The van der Waals surface area contributed by atoms with Crippen LogP contribution >= 0.6 is 0 Å². The van der Waals surface area contributed by atoms with Crippen LogP contribution in [0.4, 0.5) is 0 Å². The van der Waals surface area contributed by atoms with E-state index >= 15 is 0 Å². The van der Waals surface area contributed by atoms with Crippen LogP contribution < -0.4 is 10.9 Å². The Morgan fingerprint density at radius 1 is 1.29 bits per heavy atom. The lowest BCUT2D eigenvalue weighted by atomic mass is 9.86. The average molecular weight is 470 g/mol. The van der Waals surface area contributed by atoms with Crippen molar-refractivity contribution >= 4 is 16.9 Å². The maximum Gasteiger partial charge on any atom is 0.343 e. The number of carbonyl (C=O) groups excluding carboxylic acids is 1. The Labute approximate surface area is 203 Å². The molecule has 5 heterocycles. The van der Waals surface area contributed by atoms with Gasteiger partial charge in [-0.1, -0.05) is 37.0 Å². The summed E-state index contributed by atoms with van der Waals surface area (Å²) < 4.78 is 6.85. The Morgan fingerprint density at radius 3 is 2.94 bits per heavy atom. The molecule has 1 saturated heterocycles. The Hall–Kier alpha value is -3.47. The molecule has 6 rings (SSSR count). The normalized spacial score (nSPS) is 22.6. The summed E-state index contributed by atoms with van der Waals surface area (Å²) >= 11 is 0. The summed E-state index contributed by atoms with van der Waals surface area (Å²) in [6.45, 7) is 3.99. The third-order valence-electron chi connectivity index (χ3n) is 7.60. The van der Waals surface area contributed by atoms with Gasteiger partial charge in [0.15, 0.2) is 5.60 Å². The van der Waals surface area contributed by atoms with Gasteiger partial charge in [0.05, 0.1) is 29.0 Å². The molecule has 0 amide bonds. The second kappa shape index (κ2) is 8.33. The maximum atomic E-state index is 13.5. The van der Waals surface area contributed by atoms with E-state index in [1.807, 2.05) is 24.3 Å². The first-order valence-corrected chi connectivity index (χ1v) is 12.3. The fourth-order valence-electron chi connectivity index (χ4n) is 5.55. The van der Waals surface area contributed by atoms with E-state index in [-0.39, 0.29) is 18.6 Å². The molecule has 0 radical (unpaired) electrons. The van der Waals surface area contributed by atoms with Crippen LogP contribution in [-0.2, 0) is 28.3 Å². The standard InChI is InChI=1S/C28H27N3O4/c1-2-28(34)22-13-24-25-20(15-31(24)26(32)21(22)16-35-27(28)33)18(19-9-3-4-11-23(19)30-25)10-5-7-17-8-6-12-29-14-17/h3-4,9,11,13,17,29,34H,2,6-8,12,14-16H2,1H3/t17?,28-/m0/s1. The quantitative estimate of drug-likeness (QED) is 0.346. The first-order valence-electron chi connectivity index (χ1n) is 12.3. The topological polar surface area (TPSA) is 93.5 Å². The van der Waals surface area contributed by atoms with E-state index in [4.69, 9.17) is 9.72 Å². The van der Waals surface area contributed by atoms with E-state index in [2.05, 4.69) is 17.2 Å². The maximum absolute atomic E-state index is 13.5. The molecule has 7 heteroatoms. The zero-order valence-corrected chi connectivity index (χ0v) is 19.7. The lowest BCUT2D eigenvalue weighted by Crippen LogP contribution is -2.44. The van der Waals surface area contributed by atoms with Gasteiger partial charge in [0.2, 0.25) is 0 Å². The molecule has 35 heavy (non-hydrogen) atoms. The van der Waals surface area contributed by atoms with E-state index in [1.54, 1.807) is 17.6 Å². The molecule has 178 valence electrons. The lowest BCUT2D eigenvalue weighted by molar-refractivity contribution is -0.172. The molecular formula is C28H27N3O4. The summed E-state index contributed by atoms with van der Waals surface area (Å²) in [4.78, 5) is 30.8. The van der Waals surface area contributed by atoms with Crippen LogP contribution in [0.3, 0.4) is 0 Å². The number of nitrogens with one attached hydrogen (secondary N) is 1. The van der Waals surface area contributed by atoms with Gasteiger partial charge < -0.3 is 19.7 Å². The van der Waals surface area contributed by atoms with Crippen molar-refractivity contribution in [2.75, 3.05) is 13.1 Å². The van der Waals surface area contributed by atoms with Crippen molar-refractivity contribution in [3.63, 3.8) is 0 Å². The van der Waals surface area contributed by atoms with Gasteiger partial charge in [-0.25, -0.2) is 9.78 Å². The smallest absolute Gasteiger partial charge is 0.343 e. The van der Waals surface area contributed by atoms with Crippen LogP contribution in [0.5, 0.6) is 0 Å². The van der Waals surface area contributed by atoms with E-state index in [0.29, 0.717) is 35.0 Å². The van der Waals surface area contributed by atoms with Crippen LogP contribution in [0.15, 0.2) is 35.1 Å².